The molecule has 0 bridgehead atoms. The zero-order valence-electron chi connectivity index (χ0n) is 16.1. The lowest BCUT2D eigenvalue weighted by molar-refractivity contribution is -0.0370. The molecule has 4 atom stereocenters. The topological polar surface area (TPSA) is 118 Å². The Bertz CT molecular complexity index is 1170. The molecule has 0 amide bonds. The Labute approximate surface area is 172 Å². The summed E-state index contributed by atoms with van der Waals surface area (Å²) in [5, 5.41) is 29.3. The van der Waals surface area contributed by atoms with Gasteiger partial charge >= 0.3 is 0 Å². The molecular formula is C21H20N6O3. The highest BCUT2D eigenvalue weighted by Gasteiger charge is 2.43. The number of rotatable bonds is 4. The number of benzene rings is 1. The van der Waals surface area contributed by atoms with Gasteiger partial charge in [-0.2, -0.15) is 5.10 Å². The Morgan fingerprint density at radius 2 is 1.77 bits per heavy atom. The molecule has 1 fully saturated rings. The molecule has 0 saturated carbocycles. The molecule has 1 saturated heterocycles. The normalized spacial score (nSPS) is 23.7. The Kier molecular flexibility index (Phi) is 4.62. The van der Waals surface area contributed by atoms with Crippen molar-refractivity contribution < 1.29 is 14.9 Å². The summed E-state index contributed by atoms with van der Waals surface area (Å²) >= 11 is 0. The van der Waals surface area contributed by atoms with Crippen LogP contribution in [0.1, 0.15) is 13.2 Å². The molecule has 1 aliphatic heterocycles. The molecule has 4 heterocycles. The van der Waals surface area contributed by atoms with Gasteiger partial charge in [-0.25, -0.2) is 14.6 Å². The maximum atomic E-state index is 10.5. The summed E-state index contributed by atoms with van der Waals surface area (Å²) < 4.78 is 7.28. The number of anilines is 2. The molecule has 3 aromatic heterocycles. The van der Waals surface area contributed by atoms with E-state index in [1.165, 1.54) is 11.0 Å². The lowest BCUT2D eigenvalue weighted by Crippen LogP contribution is -2.30. The summed E-state index contributed by atoms with van der Waals surface area (Å²) in [4.78, 5) is 13.3. The van der Waals surface area contributed by atoms with Crippen molar-refractivity contribution >= 4 is 22.5 Å². The van der Waals surface area contributed by atoms with Crippen LogP contribution in [0.5, 0.6) is 0 Å². The van der Waals surface area contributed by atoms with E-state index in [9.17, 15) is 10.2 Å². The molecule has 3 N–H and O–H groups in total. The second kappa shape index (κ2) is 7.45. The van der Waals surface area contributed by atoms with Gasteiger partial charge in [0.25, 0.3) is 0 Å². The van der Waals surface area contributed by atoms with E-state index in [2.05, 4.69) is 25.4 Å². The number of nitrogens with zero attached hydrogens (tertiary/aromatic N) is 5. The summed E-state index contributed by atoms with van der Waals surface area (Å²) in [6.07, 6.45) is -0.465. The third-order valence-corrected chi connectivity index (χ3v) is 5.15. The summed E-state index contributed by atoms with van der Waals surface area (Å²) in [7, 11) is 0. The first-order valence-electron chi connectivity index (χ1n) is 9.62. The van der Waals surface area contributed by atoms with Gasteiger partial charge in [-0.15, -0.1) is 0 Å². The third-order valence-electron chi connectivity index (χ3n) is 5.15. The summed E-state index contributed by atoms with van der Waals surface area (Å²) in [5.74, 6) is 0.555. The van der Waals surface area contributed by atoms with Crippen molar-refractivity contribution in [2.75, 3.05) is 5.32 Å². The Morgan fingerprint density at radius 3 is 2.47 bits per heavy atom. The fourth-order valence-electron chi connectivity index (χ4n) is 3.62. The van der Waals surface area contributed by atoms with Crippen LogP contribution in [0.2, 0.25) is 0 Å². The van der Waals surface area contributed by atoms with Crippen molar-refractivity contribution in [2.24, 2.45) is 0 Å². The van der Waals surface area contributed by atoms with E-state index in [1.54, 1.807) is 13.1 Å². The minimum atomic E-state index is -1.14. The number of nitrogens with one attached hydrogen (secondary N) is 1. The number of aliphatic hydroxyl groups excluding tert-OH is 2. The first-order valence-corrected chi connectivity index (χ1v) is 9.62. The number of para-hydroxylation sites is 1. The average Bonchev–Trinajstić information content (AvgIpc) is 3.29. The van der Waals surface area contributed by atoms with Gasteiger partial charge in [0, 0.05) is 11.9 Å². The van der Waals surface area contributed by atoms with Crippen LogP contribution >= 0.6 is 0 Å². The highest BCUT2D eigenvalue weighted by atomic mass is 16.6. The van der Waals surface area contributed by atoms with E-state index in [1.807, 2.05) is 48.5 Å². The number of ether oxygens (including phenoxy) is 1. The van der Waals surface area contributed by atoms with Gasteiger partial charge in [0.2, 0.25) is 0 Å². The molecule has 0 aliphatic carbocycles. The maximum absolute atomic E-state index is 10.5. The zero-order valence-corrected chi connectivity index (χ0v) is 16.1. The summed E-state index contributed by atoms with van der Waals surface area (Å²) in [6, 6.07) is 15.2. The van der Waals surface area contributed by atoms with Crippen LogP contribution < -0.4 is 5.32 Å². The van der Waals surface area contributed by atoms with Crippen molar-refractivity contribution in [3.05, 3.63) is 61.1 Å². The van der Waals surface area contributed by atoms with Gasteiger partial charge in [-0.3, -0.25) is 4.98 Å². The molecule has 9 nitrogen and oxygen atoms in total. The standard InChI is InChI=1S/C21H20N6O3/c1-12-17(28)18(29)21(30-12)27-20-15(16(26-27)14-9-5-6-10-22-14)19(23-11-24-20)25-13-7-3-2-4-8-13/h2-12,17-18,21,28-29H,1H3,(H,23,24,25)/t12-,17-,18-,21-/m1/s1. The number of hydrogen-bond acceptors (Lipinski definition) is 8. The molecule has 0 spiro atoms. The molecule has 0 radical (unpaired) electrons. The van der Waals surface area contributed by atoms with Gasteiger partial charge in [0.1, 0.15) is 30.0 Å². The first kappa shape index (κ1) is 18.6. The zero-order chi connectivity index (χ0) is 20.7. The predicted octanol–water partition coefficient (Wildman–Crippen LogP) is 2.27. The van der Waals surface area contributed by atoms with Crippen molar-refractivity contribution in [2.45, 2.75) is 31.5 Å². The molecule has 1 aromatic carbocycles. The van der Waals surface area contributed by atoms with Crippen molar-refractivity contribution in [3.63, 3.8) is 0 Å². The van der Waals surface area contributed by atoms with E-state index >= 15 is 0 Å². The van der Waals surface area contributed by atoms with Crippen LogP contribution in [0.3, 0.4) is 0 Å². The fourth-order valence-corrected chi connectivity index (χ4v) is 3.62. The maximum Gasteiger partial charge on any atom is 0.181 e. The molecule has 1 aliphatic rings. The van der Waals surface area contributed by atoms with Gasteiger partial charge < -0.3 is 20.3 Å². The Morgan fingerprint density at radius 1 is 0.967 bits per heavy atom. The van der Waals surface area contributed by atoms with Crippen LogP contribution in [0, 0.1) is 0 Å². The molecule has 5 rings (SSSR count). The highest BCUT2D eigenvalue weighted by Crippen LogP contribution is 2.36. The molecular weight excluding hydrogens is 384 g/mol. The van der Waals surface area contributed by atoms with E-state index in [4.69, 9.17) is 4.74 Å². The fraction of sp³-hybridized carbons (Fsp3) is 0.238. The highest BCUT2D eigenvalue weighted by molar-refractivity contribution is 5.99. The summed E-state index contributed by atoms with van der Waals surface area (Å²) in [6.45, 7) is 1.70. The average molecular weight is 404 g/mol. The van der Waals surface area contributed by atoms with Crippen molar-refractivity contribution in [1.82, 2.24) is 24.7 Å². The van der Waals surface area contributed by atoms with Gasteiger partial charge in [0.05, 0.1) is 17.2 Å². The molecule has 0 unspecified atom stereocenters. The lowest BCUT2D eigenvalue weighted by Gasteiger charge is -2.15. The summed E-state index contributed by atoms with van der Waals surface area (Å²) in [5.41, 5.74) is 2.51. The quantitative estimate of drug-likeness (QED) is 0.474. The predicted molar refractivity (Wildman–Crippen MR) is 110 cm³/mol. The van der Waals surface area contributed by atoms with E-state index in [-0.39, 0.29) is 0 Å². The van der Waals surface area contributed by atoms with Gasteiger partial charge in [0.15, 0.2) is 11.9 Å². The van der Waals surface area contributed by atoms with Crippen LogP contribution in [-0.2, 0) is 4.74 Å². The number of pyridine rings is 1. The minimum Gasteiger partial charge on any atom is -0.388 e. The second-order valence-electron chi connectivity index (χ2n) is 7.13. The number of aromatic nitrogens is 5. The monoisotopic (exact) mass is 404 g/mol. The first-order chi connectivity index (χ1) is 14.6. The third kappa shape index (κ3) is 3.09. The van der Waals surface area contributed by atoms with E-state index < -0.39 is 24.5 Å². The number of aliphatic hydroxyl groups is 2. The van der Waals surface area contributed by atoms with E-state index in [0.717, 1.165) is 5.69 Å². The van der Waals surface area contributed by atoms with Gasteiger partial charge in [-0.05, 0) is 31.2 Å². The Hall–Kier alpha value is -3.40. The Balaban J connectivity index is 1.70. The molecule has 30 heavy (non-hydrogen) atoms. The van der Waals surface area contributed by atoms with Crippen LogP contribution in [0.15, 0.2) is 61.1 Å². The smallest absolute Gasteiger partial charge is 0.181 e. The van der Waals surface area contributed by atoms with E-state index in [0.29, 0.717) is 28.2 Å². The molecule has 4 aromatic rings. The van der Waals surface area contributed by atoms with Crippen LogP contribution in [0.25, 0.3) is 22.4 Å². The molecule has 9 heteroatoms. The van der Waals surface area contributed by atoms with Crippen LogP contribution in [0.4, 0.5) is 11.5 Å². The molecule has 152 valence electrons. The largest absolute Gasteiger partial charge is 0.388 e. The van der Waals surface area contributed by atoms with Gasteiger partial charge in [-0.1, -0.05) is 24.3 Å². The number of hydrogen-bond donors (Lipinski definition) is 3. The van der Waals surface area contributed by atoms with Crippen molar-refractivity contribution in [3.8, 4) is 11.4 Å². The van der Waals surface area contributed by atoms with Crippen LogP contribution in [-0.4, -0.2) is 53.3 Å². The lowest BCUT2D eigenvalue weighted by atomic mass is 10.1. The van der Waals surface area contributed by atoms with Crippen molar-refractivity contribution in [1.29, 1.82) is 0 Å². The second-order valence-corrected chi connectivity index (χ2v) is 7.13. The number of fused-ring (bicyclic) bond motifs is 1. The SMILES string of the molecule is C[C@H]1O[C@@H](n2nc(-c3ccccn3)c3c(Nc4ccccc4)ncnc32)[C@H](O)[C@@H]1O. The minimum absolute atomic E-state index is 0.467.